The number of nitriles is 1. The van der Waals surface area contributed by atoms with E-state index in [1.54, 1.807) is 48.5 Å². The van der Waals surface area contributed by atoms with Crippen LogP contribution in [0.15, 0.2) is 54.7 Å². The number of nitrogens with two attached hydrogens (primary N) is 1. The number of carbonyl (C=O) groups is 1. The highest BCUT2D eigenvalue weighted by atomic mass is 35.5. The zero-order chi connectivity index (χ0) is 18.7. The number of esters is 1. The minimum absolute atomic E-state index is 0.0820. The molecule has 0 fully saturated rings. The lowest BCUT2D eigenvalue weighted by Gasteiger charge is -2.10. The Morgan fingerprint density at radius 3 is 2.54 bits per heavy atom. The van der Waals surface area contributed by atoms with Crippen molar-refractivity contribution in [2.45, 2.75) is 0 Å². The fourth-order valence-corrected chi connectivity index (χ4v) is 2.64. The van der Waals surface area contributed by atoms with Gasteiger partial charge in [-0.1, -0.05) is 17.7 Å². The Bertz CT molecular complexity index is 1000. The highest BCUT2D eigenvalue weighted by molar-refractivity contribution is 6.30. The molecule has 0 aliphatic rings. The number of ether oxygens (including phenoxy) is 2. The van der Waals surface area contributed by atoms with E-state index in [-0.39, 0.29) is 16.9 Å². The molecule has 1 heterocycles. The molecule has 0 saturated heterocycles. The summed E-state index contributed by atoms with van der Waals surface area (Å²) in [4.78, 5) is 12.0. The molecule has 0 saturated carbocycles. The molecule has 130 valence electrons. The van der Waals surface area contributed by atoms with Gasteiger partial charge in [0.15, 0.2) is 5.69 Å². The number of nitrogens with zero attached hydrogens (tertiary/aromatic N) is 2. The first kappa shape index (κ1) is 17.4. The highest BCUT2D eigenvalue weighted by Gasteiger charge is 2.21. The van der Waals surface area contributed by atoms with Gasteiger partial charge in [-0.15, -0.1) is 0 Å². The first-order chi connectivity index (χ1) is 12.5. The Labute approximate surface area is 154 Å². The molecule has 3 aromatic rings. The predicted octanol–water partition coefficient (Wildman–Crippen LogP) is 4.16. The van der Waals surface area contributed by atoms with Gasteiger partial charge in [0.25, 0.3) is 0 Å². The van der Waals surface area contributed by atoms with Crippen molar-refractivity contribution in [3.8, 4) is 23.3 Å². The molecule has 6 nitrogen and oxygen atoms in total. The van der Waals surface area contributed by atoms with E-state index >= 15 is 0 Å². The third kappa shape index (κ3) is 3.34. The third-order valence-electron chi connectivity index (χ3n) is 3.69. The Hall–Kier alpha value is -3.43. The molecule has 2 N–H and O–H groups in total. The van der Waals surface area contributed by atoms with Crippen LogP contribution in [-0.2, 0) is 4.74 Å². The second kappa shape index (κ2) is 7.21. The van der Waals surface area contributed by atoms with Gasteiger partial charge in [-0.25, -0.2) is 4.79 Å². The van der Waals surface area contributed by atoms with Crippen LogP contribution in [0, 0.1) is 11.3 Å². The van der Waals surface area contributed by atoms with Crippen molar-refractivity contribution in [1.29, 1.82) is 5.26 Å². The molecule has 0 aliphatic carbocycles. The number of hydrogen-bond acceptors (Lipinski definition) is 5. The lowest BCUT2D eigenvalue weighted by molar-refractivity contribution is 0.0593. The molecule has 0 spiro atoms. The van der Waals surface area contributed by atoms with Crippen molar-refractivity contribution in [3.05, 3.63) is 71.0 Å². The molecule has 26 heavy (non-hydrogen) atoms. The van der Waals surface area contributed by atoms with Crippen LogP contribution in [0.4, 0.5) is 5.69 Å². The van der Waals surface area contributed by atoms with Crippen molar-refractivity contribution in [1.82, 2.24) is 4.57 Å². The molecule has 0 unspecified atom stereocenters. The quantitative estimate of drug-likeness (QED) is 0.699. The van der Waals surface area contributed by atoms with E-state index in [9.17, 15) is 4.79 Å². The summed E-state index contributed by atoms with van der Waals surface area (Å²) < 4.78 is 12.0. The van der Waals surface area contributed by atoms with E-state index in [2.05, 4.69) is 0 Å². The number of aromatic nitrogens is 1. The SMILES string of the molecule is COC(=O)c1c(N)c(C#N)cn1-c1ccc(Oc2cccc(Cl)c2)cc1. The summed E-state index contributed by atoms with van der Waals surface area (Å²) >= 11 is 5.94. The van der Waals surface area contributed by atoms with Crippen LogP contribution >= 0.6 is 11.6 Å². The fourth-order valence-electron chi connectivity index (χ4n) is 2.46. The zero-order valence-corrected chi connectivity index (χ0v) is 14.5. The lowest BCUT2D eigenvalue weighted by atomic mass is 10.2. The number of methoxy groups -OCH3 is 1. The van der Waals surface area contributed by atoms with Crippen LogP contribution in [0.3, 0.4) is 0 Å². The molecule has 2 aromatic carbocycles. The number of hydrogen-bond donors (Lipinski definition) is 1. The molecule has 3 rings (SSSR count). The van der Waals surface area contributed by atoms with Crippen LogP contribution in [-0.4, -0.2) is 17.6 Å². The van der Waals surface area contributed by atoms with Gasteiger partial charge in [-0.05, 0) is 42.5 Å². The maximum Gasteiger partial charge on any atom is 0.357 e. The van der Waals surface area contributed by atoms with Gasteiger partial charge in [-0.2, -0.15) is 5.26 Å². The summed E-state index contributed by atoms with van der Waals surface area (Å²) in [5.74, 6) is 0.581. The van der Waals surface area contributed by atoms with Crippen LogP contribution in [0.2, 0.25) is 5.02 Å². The van der Waals surface area contributed by atoms with E-state index in [1.165, 1.54) is 17.9 Å². The number of nitrogen functional groups attached to an aromatic ring is 1. The van der Waals surface area contributed by atoms with E-state index in [0.717, 1.165) is 0 Å². The van der Waals surface area contributed by atoms with Gasteiger partial charge in [-0.3, -0.25) is 0 Å². The molecule has 0 amide bonds. The molecule has 0 atom stereocenters. The summed E-state index contributed by atoms with van der Waals surface area (Å²) in [6.07, 6.45) is 1.49. The number of benzene rings is 2. The predicted molar refractivity (Wildman–Crippen MR) is 97.8 cm³/mol. The van der Waals surface area contributed by atoms with E-state index < -0.39 is 5.97 Å². The third-order valence-corrected chi connectivity index (χ3v) is 3.93. The second-order valence-electron chi connectivity index (χ2n) is 5.33. The van der Waals surface area contributed by atoms with Gasteiger partial charge in [0.05, 0.1) is 18.4 Å². The first-order valence-corrected chi connectivity index (χ1v) is 7.94. The summed E-state index contributed by atoms with van der Waals surface area (Å²) in [5.41, 5.74) is 6.91. The Morgan fingerprint density at radius 1 is 1.19 bits per heavy atom. The van der Waals surface area contributed by atoms with Crippen molar-refractivity contribution >= 4 is 23.3 Å². The highest BCUT2D eigenvalue weighted by Crippen LogP contribution is 2.28. The first-order valence-electron chi connectivity index (χ1n) is 7.56. The van der Waals surface area contributed by atoms with Crippen LogP contribution in [0.25, 0.3) is 5.69 Å². The van der Waals surface area contributed by atoms with Crippen molar-refractivity contribution in [3.63, 3.8) is 0 Å². The largest absolute Gasteiger partial charge is 0.464 e. The smallest absolute Gasteiger partial charge is 0.357 e. The number of rotatable bonds is 4. The van der Waals surface area contributed by atoms with Gasteiger partial charge in [0, 0.05) is 16.9 Å². The maximum atomic E-state index is 12.0. The maximum absolute atomic E-state index is 12.0. The lowest BCUT2D eigenvalue weighted by Crippen LogP contribution is -2.11. The summed E-state index contributed by atoms with van der Waals surface area (Å²) in [6, 6.07) is 16.0. The monoisotopic (exact) mass is 367 g/mol. The van der Waals surface area contributed by atoms with Crippen molar-refractivity contribution in [2.24, 2.45) is 0 Å². The summed E-state index contributed by atoms with van der Waals surface area (Å²) in [5, 5.41) is 9.74. The number of halogens is 1. The van der Waals surface area contributed by atoms with Crippen LogP contribution in [0.1, 0.15) is 16.1 Å². The average molecular weight is 368 g/mol. The molecule has 0 aliphatic heterocycles. The van der Waals surface area contributed by atoms with Crippen molar-refractivity contribution in [2.75, 3.05) is 12.8 Å². The van der Waals surface area contributed by atoms with Gasteiger partial charge in [0.2, 0.25) is 0 Å². The van der Waals surface area contributed by atoms with E-state index in [1.807, 2.05) is 6.07 Å². The van der Waals surface area contributed by atoms with Crippen molar-refractivity contribution < 1.29 is 14.3 Å². The summed E-state index contributed by atoms with van der Waals surface area (Å²) in [6.45, 7) is 0. The molecular formula is C19H14ClN3O3. The minimum Gasteiger partial charge on any atom is -0.464 e. The average Bonchev–Trinajstić information content (AvgIpc) is 2.98. The van der Waals surface area contributed by atoms with Crippen LogP contribution in [0.5, 0.6) is 11.5 Å². The number of anilines is 1. The Balaban J connectivity index is 1.94. The molecule has 0 radical (unpaired) electrons. The molecule has 0 bridgehead atoms. The summed E-state index contributed by atoms with van der Waals surface area (Å²) in [7, 11) is 1.26. The van der Waals surface area contributed by atoms with E-state index in [0.29, 0.717) is 22.2 Å². The second-order valence-corrected chi connectivity index (χ2v) is 5.77. The number of carbonyl (C=O) groups excluding carboxylic acids is 1. The topological polar surface area (TPSA) is 90.3 Å². The molecule has 1 aromatic heterocycles. The zero-order valence-electron chi connectivity index (χ0n) is 13.8. The Kier molecular flexibility index (Phi) is 4.83. The van der Waals surface area contributed by atoms with E-state index in [4.69, 9.17) is 32.1 Å². The van der Waals surface area contributed by atoms with Gasteiger partial charge < -0.3 is 19.8 Å². The fraction of sp³-hybridized carbons (Fsp3) is 0.0526. The minimum atomic E-state index is -0.622. The van der Waals surface area contributed by atoms with Gasteiger partial charge in [0.1, 0.15) is 17.6 Å². The standard InChI is InChI=1S/C19H14ClN3O3/c1-25-19(24)18-17(22)12(10-21)11-23(18)14-5-7-15(8-6-14)26-16-4-2-3-13(20)9-16/h2-9,11H,22H2,1H3. The Morgan fingerprint density at radius 2 is 1.92 bits per heavy atom. The molecule has 7 heteroatoms. The molecular weight excluding hydrogens is 354 g/mol. The normalized spacial score (nSPS) is 10.2. The van der Waals surface area contributed by atoms with Gasteiger partial charge >= 0.3 is 5.97 Å². The van der Waals surface area contributed by atoms with Crippen LogP contribution < -0.4 is 10.5 Å².